The van der Waals surface area contributed by atoms with Crippen LogP contribution < -0.4 is 5.32 Å². The van der Waals surface area contributed by atoms with Gasteiger partial charge in [-0.1, -0.05) is 6.92 Å². The highest BCUT2D eigenvalue weighted by atomic mass is 35.5. The molecular formula is C11H17ClN2. The summed E-state index contributed by atoms with van der Waals surface area (Å²) in [4.78, 5) is 3.98. The van der Waals surface area contributed by atoms with Gasteiger partial charge in [0.25, 0.3) is 0 Å². The van der Waals surface area contributed by atoms with E-state index in [0.717, 1.165) is 13.0 Å². The number of hydrogen-bond donors (Lipinski definition) is 1. The summed E-state index contributed by atoms with van der Waals surface area (Å²) in [5, 5.41) is 3.45. The second kappa shape index (κ2) is 5.32. The van der Waals surface area contributed by atoms with Crippen molar-refractivity contribution >= 4 is 11.6 Å². The zero-order valence-electron chi connectivity index (χ0n) is 8.76. The molecule has 0 bridgehead atoms. The Hall–Kier alpha value is -0.600. The van der Waals surface area contributed by atoms with Gasteiger partial charge in [-0.05, 0) is 31.0 Å². The quantitative estimate of drug-likeness (QED) is 0.759. The fraction of sp³-hybridized carbons (Fsp3) is 0.545. The molecule has 0 amide bonds. The maximum atomic E-state index is 5.90. The molecule has 1 aromatic rings. The lowest BCUT2D eigenvalue weighted by Crippen LogP contribution is -2.42. The first-order valence-corrected chi connectivity index (χ1v) is 5.43. The molecule has 1 heterocycles. The van der Waals surface area contributed by atoms with E-state index in [1.54, 1.807) is 12.4 Å². The van der Waals surface area contributed by atoms with Crippen LogP contribution in [0.15, 0.2) is 24.5 Å². The molecule has 0 saturated carbocycles. The van der Waals surface area contributed by atoms with Crippen LogP contribution in [-0.2, 0) is 6.54 Å². The Morgan fingerprint density at radius 2 is 2.07 bits per heavy atom. The SMILES string of the molecule is CCC(C)(CCl)NCc1ccncc1. The zero-order valence-corrected chi connectivity index (χ0v) is 9.51. The molecule has 0 aliphatic carbocycles. The van der Waals surface area contributed by atoms with Crippen LogP contribution in [-0.4, -0.2) is 16.4 Å². The van der Waals surface area contributed by atoms with Crippen LogP contribution in [0.4, 0.5) is 0 Å². The van der Waals surface area contributed by atoms with Crippen LogP contribution in [0.25, 0.3) is 0 Å². The molecular weight excluding hydrogens is 196 g/mol. The average Bonchev–Trinajstić information content (AvgIpc) is 2.27. The van der Waals surface area contributed by atoms with Gasteiger partial charge in [-0.25, -0.2) is 0 Å². The number of rotatable bonds is 5. The molecule has 0 radical (unpaired) electrons. The van der Waals surface area contributed by atoms with Gasteiger partial charge in [0, 0.05) is 30.4 Å². The highest BCUT2D eigenvalue weighted by molar-refractivity contribution is 6.18. The third-order valence-corrected chi connectivity index (χ3v) is 3.13. The predicted molar refractivity (Wildman–Crippen MR) is 60.5 cm³/mol. The molecule has 0 fully saturated rings. The van der Waals surface area contributed by atoms with Gasteiger partial charge in [0.05, 0.1) is 0 Å². The minimum atomic E-state index is 0.0326. The average molecular weight is 213 g/mol. The lowest BCUT2D eigenvalue weighted by atomic mass is 10.0. The summed E-state index contributed by atoms with van der Waals surface area (Å²) in [5.41, 5.74) is 1.27. The molecule has 0 aromatic carbocycles. The largest absolute Gasteiger partial charge is 0.306 e. The molecule has 0 saturated heterocycles. The zero-order chi connectivity index (χ0) is 10.4. The fourth-order valence-corrected chi connectivity index (χ4v) is 1.37. The number of aromatic nitrogens is 1. The Bertz CT molecular complexity index is 257. The second-order valence-corrected chi connectivity index (χ2v) is 4.02. The molecule has 1 atom stereocenters. The van der Waals surface area contributed by atoms with Crippen LogP contribution in [0.1, 0.15) is 25.8 Å². The first-order chi connectivity index (χ1) is 6.70. The van der Waals surface area contributed by atoms with Crippen molar-refractivity contribution in [1.29, 1.82) is 0 Å². The molecule has 0 aliphatic heterocycles. The van der Waals surface area contributed by atoms with E-state index in [-0.39, 0.29) is 5.54 Å². The van der Waals surface area contributed by atoms with Crippen LogP contribution in [0.2, 0.25) is 0 Å². The molecule has 78 valence electrons. The Morgan fingerprint density at radius 3 is 2.57 bits per heavy atom. The van der Waals surface area contributed by atoms with Gasteiger partial charge in [-0.15, -0.1) is 11.6 Å². The standard InChI is InChI=1S/C11H17ClN2/c1-3-11(2,9-12)14-8-10-4-6-13-7-5-10/h4-7,14H,3,8-9H2,1-2H3. The number of halogens is 1. The topological polar surface area (TPSA) is 24.9 Å². The lowest BCUT2D eigenvalue weighted by molar-refractivity contribution is 0.379. The van der Waals surface area contributed by atoms with Gasteiger partial charge in [0.2, 0.25) is 0 Å². The number of nitrogens with zero attached hydrogens (tertiary/aromatic N) is 1. The molecule has 0 aliphatic rings. The smallest absolute Gasteiger partial charge is 0.0403 e. The number of pyridine rings is 1. The third kappa shape index (κ3) is 3.28. The van der Waals surface area contributed by atoms with Crippen molar-refractivity contribution in [2.24, 2.45) is 0 Å². The van der Waals surface area contributed by atoms with Gasteiger partial charge in [-0.2, -0.15) is 0 Å². The molecule has 14 heavy (non-hydrogen) atoms. The molecule has 2 nitrogen and oxygen atoms in total. The Balaban J connectivity index is 2.48. The van der Waals surface area contributed by atoms with E-state index in [2.05, 4.69) is 24.1 Å². The van der Waals surface area contributed by atoms with Crippen molar-refractivity contribution in [3.63, 3.8) is 0 Å². The summed E-state index contributed by atoms with van der Waals surface area (Å²) >= 11 is 5.90. The molecule has 1 N–H and O–H groups in total. The number of nitrogens with one attached hydrogen (secondary N) is 1. The minimum Gasteiger partial charge on any atom is -0.306 e. The van der Waals surface area contributed by atoms with Crippen molar-refractivity contribution in [1.82, 2.24) is 10.3 Å². The molecule has 1 rings (SSSR count). The summed E-state index contributed by atoms with van der Waals surface area (Å²) in [7, 11) is 0. The van der Waals surface area contributed by atoms with E-state index < -0.39 is 0 Å². The molecule has 1 unspecified atom stereocenters. The van der Waals surface area contributed by atoms with Crippen LogP contribution in [0, 0.1) is 0 Å². The van der Waals surface area contributed by atoms with Crippen molar-refractivity contribution in [3.05, 3.63) is 30.1 Å². The maximum Gasteiger partial charge on any atom is 0.0403 e. The van der Waals surface area contributed by atoms with E-state index >= 15 is 0 Å². The fourth-order valence-electron chi connectivity index (χ4n) is 1.08. The summed E-state index contributed by atoms with van der Waals surface area (Å²) in [6, 6.07) is 4.02. The van der Waals surface area contributed by atoms with Crippen molar-refractivity contribution < 1.29 is 0 Å². The molecule has 0 spiro atoms. The number of alkyl halides is 1. The second-order valence-electron chi connectivity index (χ2n) is 3.76. The van der Waals surface area contributed by atoms with Crippen LogP contribution in [0.5, 0.6) is 0 Å². The normalized spacial score (nSPS) is 15.1. The minimum absolute atomic E-state index is 0.0326. The van der Waals surface area contributed by atoms with E-state index in [9.17, 15) is 0 Å². The molecule has 1 aromatic heterocycles. The lowest BCUT2D eigenvalue weighted by Gasteiger charge is -2.27. The highest BCUT2D eigenvalue weighted by Gasteiger charge is 2.19. The van der Waals surface area contributed by atoms with Crippen molar-refractivity contribution in [2.75, 3.05) is 5.88 Å². The van der Waals surface area contributed by atoms with Gasteiger partial charge in [0.15, 0.2) is 0 Å². The summed E-state index contributed by atoms with van der Waals surface area (Å²) < 4.78 is 0. The summed E-state index contributed by atoms with van der Waals surface area (Å²) in [6.45, 7) is 5.13. The molecule has 3 heteroatoms. The first kappa shape index (κ1) is 11.5. The highest BCUT2D eigenvalue weighted by Crippen LogP contribution is 2.12. The Kier molecular flexibility index (Phi) is 4.36. The monoisotopic (exact) mass is 212 g/mol. The van der Waals surface area contributed by atoms with Gasteiger partial charge < -0.3 is 5.32 Å². The van der Waals surface area contributed by atoms with Gasteiger partial charge >= 0.3 is 0 Å². The summed E-state index contributed by atoms with van der Waals surface area (Å²) in [5.74, 6) is 0.634. The first-order valence-electron chi connectivity index (χ1n) is 4.90. The van der Waals surface area contributed by atoms with E-state index in [1.807, 2.05) is 12.1 Å². The Labute approximate surface area is 90.7 Å². The van der Waals surface area contributed by atoms with E-state index in [4.69, 9.17) is 11.6 Å². The van der Waals surface area contributed by atoms with Crippen molar-refractivity contribution in [3.8, 4) is 0 Å². The van der Waals surface area contributed by atoms with Crippen LogP contribution in [0.3, 0.4) is 0 Å². The van der Waals surface area contributed by atoms with Crippen molar-refractivity contribution in [2.45, 2.75) is 32.4 Å². The predicted octanol–water partition coefficient (Wildman–Crippen LogP) is 2.58. The van der Waals surface area contributed by atoms with E-state index in [0.29, 0.717) is 5.88 Å². The number of hydrogen-bond acceptors (Lipinski definition) is 2. The summed E-state index contributed by atoms with van der Waals surface area (Å²) in [6.07, 6.45) is 4.64. The van der Waals surface area contributed by atoms with E-state index in [1.165, 1.54) is 5.56 Å². The third-order valence-electron chi connectivity index (χ3n) is 2.54. The maximum absolute atomic E-state index is 5.90. The Morgan fingerprint density at radius 1 is 1.43 bits per heavy atom. The van der Waals surface area contributed by atoms with Crippen LogP contribution >= 0.6 is 11.6 Å². The van der Waals surface area contributed by atoms with Gasteiger partial charge in [0.1, 0.15) is 0 Å². The van der Waals surface area contributed by atoms with Gasteiger partial charge in [-0.3, -0.25) is 4.98 Å².